The molecule has 6 nitrogen and oxygen atoms in total. The zero-order valence-corrected chi connectivity index (χ0v) is 15.7. The van der Waals surface area contributed by atoms with Crippen LogP contribution in [0.3, 0.4) is 0 Å². The Morgan fingerprint density at radius 3 is 2.85 bits per heavy atom. The molecule has 1 aliphatic rings. The summed E-state index contributed by atoms with van der Waals surface area (Å²) in [5.41, 5.74) is 1.55. The van der Waals surface area contributed by atoms with Gasteiger partial charge in [0.2, 0.25) is 5.91 Å². The Morgan fingerprint density at radius 2 is 2.04 bits per heavy atom. The average Bonchev–Trinajstić information content (AvgIpc) is 2.98. The van der Waals surface area contributed by atoms with Crippen LogP contribution in [0.2, 0.25) is 10.0 Å². The average molecular weight is 405 g/mol. The molecule has 1 aromatic heterocycles. The standard InChI is InChI=1S/C19H14Cl2N2O4/c1-10-5-11-6-12(7-14(21)18(11)27-10)22-16(24)8-23-15-4-2-3-13(20)19(15)26-9-17(23)25/h2-7H,8-9H2,1H3,(H,22,24). The number of fused-ring (bicyclic) bond motifs is 2. The summed E-state index contributed by atoms with van der Waals surface area (Å²) in [6.07, 6.45) is 0. The summed E-state index contributed by atoms with van der Waals surface area (Å²) in [5, 5.41) is 4.34. The molecule has 138 valence electrons. The highest BCUT2D eigenvalue weighted by atomic mass is 35.5. The minimum absolute atomic E-state index is 0.171. The van der Waals surface area contributed by atoms with Gasteiger partial charge >= 0.3 is 0 Å². The van der Waals surface area contributed by atoms with Crippen molar-refractivity contribution >= 4 is 57.4 Å². The van der Waals surface area contributed by atoms with Gasteiger partial charge in [-0.2, -0.15) is 0 Å². The van der Waals surface area contributed by atoms with Crippen molar-refractivity contribution in [3.63, 3.8) is 0 Å². The van der Waals surface area contributed by atoms with E-state index in [0.29, 0.717) is 32.8 Å². The first kappa shape index (κ1) is 17.7. The third-order valence-corrected chi connectivity index (χ3v) is 4.74. The van der Waals surface area contributed by atoms with Crippen LogP contribution in [0.4, 0.5) is 11.4 Å². The maximum absolute atomic E-state index is 12.5. The molecule has 2 amide bonds. The SMILES string of the molecule is Cc1cc2cc(NC(=O)CN3C(=O)COc4c(Cl)cccc43)cc(Cl)c2o1. The highest BCUT2D eigenvalue weighted by Crippen LogP contribution is 2.38. The van der Waals surface area contributed by atoms with Gasteiger partial charge in [-0.3, -0.25) is 14.5 Å². The highest BCUT2D eigenvalue weighted by molar-refractivity contribution is 6.35. The summed E-state index contributed by atoms with van der Waals surface area (Å²) < 4.78 is 10.9. The van der Waals surface area contributed by atoms with Crippen LogP contribution in [0.15, 0.2) is 40.8 Å². The molecule has 2 heterocycles. The number of carbonyl (C=O) groups is 2. The van der Waals surface area contributed by atoms with Crippen molar-refractivity contribution < 1.29 is 18.7 Å². The first-order chi connectivity index (χ1) is 12.9. The molecular weight excluding hydrogens is 391 g/mol. The van der Waals surface area contributed by atoms with Crippen LogP contribution in [0.25, 0.3) is 11.0 Å². The van der Waals surface area contributed by atoms with Gasteiger partial charge in [0, 0.05) is 11.1 Å². The third kappa shape index (κ3) is 3.34. The molecular formula is C19H14Cl2N2O4. The van der Waals surface area contributed by atoms with E-state index >= 15 is 0 Å². The molecule has 4 rings (SSSR count). The number of furan rings is 1. The second kappa shape index (κ2) is 6.79. The van der Waals surface area contributed by atoms with E-state index in [2.05, 4.69) is 5.32 Å². The van der Waals surface area contributed by atoms with Crippen LogP contribution >= 0.6 is 23.2 Å². The summed E-state index contributed by atoms with van der Waals surface area (Å²) in [5.74, 6) is 0.429. The van der Waals surface area contributed by atoms with Gasteiger partial charge in [-0.05, 0) is 37.3 Å². The molecule has 1 aliphatic heterocycles. The maximum atomic E-state index is 12.5. The molecule has 2 aromatic carbocycles. The number of rotatable bonds is 3. The lowest BCUT2D eigenvalue weighted by molar-refractivity contribution is -0.123. The smallest absolute Gasteiger partial charge is 0.265 e. The minimum Gasteiger partial charge on any atom is -0.480 e. The number of aryl methyl sites for hydroxylation is 1. The van der Waals surface area contributed by atoms with Crippen LogP contribution in [0, 0.1) is 6.92 Å². The third-order valence-electron chi connectivity index (χ3n) is 4.16. The van der Waals surface area contributed by atoms with Crippen molar-refractivity contribution in [2.24, 2.45) is 0 Å². The number of ether oxygens (including phenoxy) is 1. The summed E-state index contributed by atoms with van der Waals surface area (Å²) in [4.78, 5) is 26.1. The predicted octanol–water partition coefficient (Wildman–Crippen LogP) is 4.41. The zero-order chi connectivity index (χ0) is 19.1. The second-order valence-corrected chi connectivity index (χ2v) is 6.95. The number of nitrogens with zero attached hydrogens (tertiary/aromatic N) is 1. The van der Waals surface area contributed by atoms with E-state index in [-0.39, 0.29) is 25.0 Å². The molecule has 0 radical (unpaired) electrons. The molecule has 0 fully saturated rings. The Kier molecular flexibility index (Phi) is 4.45. The quantitative estimate of drug-likeness (QED) is 0.701. The largest absolute Gasteiger partial charge is 0.480 e. The molecule has 0 unspecified atom stereocenters. The van der Waals surface area contributed by atoms with Crippen LogP contribution in [0.1, 0.15) is 5.76 Å². The van der Waals surface area contributed by atoms with Crippen molar-refractivity contribution in [2.75, 3.05) is 23.4 Å². The molecule has 27 heavy (non-hydrogen) atoms. The highest BCUT2D eigenvalue weighted by Gasteiger charge is 2.28. The maximum Gasteiger partial charge on any atom is 0.265 e. The topological polar surface area (TPSA) is 71.8 Å². The van der Waals surface area contributed by atoms with E-state index in [1.165, 1.54) is 4.90 Å². The fourth-order valence-electron chi connectivity index (χ4n) is 3.03. The Hall–Kier alpha value is -2.70. The molecule has 1 N–H and O–H groups in total. The Balaban J connectivity index is 1.57. The molecule has 3 aromatic rings. The number of amides is 2. The number of benzene rings is 2. The van der Waals surface area contributed by atoms with Crippen molar-refractivity contribution in [2.45, 2.75) is 6.92 Å². The van der Waals surface area contributed by atoms with Crippen LogP contribution in [0.5, 0.6) is 5.75 Å². The molecule has 0 saturated heterocycles. The Morgan fingerprint density at radius 1 is 1.22 bits per heavy atom. The number of hydrogen-bond acceptors (Lipinski definition) is 4. The summed E-state index contributed by atoms with van der Waals surface area (Å²) in [6, 6.07) is 10.3. The minimum atomic E-state index is -0.369. The van der Waals surface area contributed by atoms with Gasteiger partial charge in [0.1, 0.15) is 12.3 Å². The van der Waals surface area contributed by atoms with Crippen LogP contribution in [-0.4, -0.2) is 25.0 Å². The number of hydrogen-bond donors (Lipinski definition) is 1. The van der Waals surface area contributed by atoms with Gasteiger partial charge in [0.25, 0.3) is 5.91 Å². The van der Waals surface area contributed by atoms with Gasteiger partial charge in [-0.25, -0.2) is 0 Å². The lowest BCUT2D eigenvalue weighted by Gasteiger charge is -2.29. The molecule has 0 spiro atoms. The fraction of sp³-hybridized carbons (Fsp3) is 0.158. The van der Waals surface area contributed by atoms with E-state index in [9.17, 15) is 9.59 Å². The first-order valence-corrected chi connectivity index (χ1v) is 8.89. The van der Waals surface area contributed by atoms with Gasteiger partial charge in [0.05, 0.1) is 15.7 Å². The lowest BCUT2D eigenvalue weighted by atomic mass is 10.2. The molecule has 0 bridgehead atoms. The van der Waals surface area contributed by atoms with E-state index in [0.717, 1.165) is 11.1 Å². The van der Waals surface area contributed by atoms with Gasteiger partial charge in [-0.1, -0.05) is 29.3 Å². The Bertz CT molecular complexity index is 1080. The van der Waals surface area contributed by atoms with Crippen molar-refractivity contribution in [3.05, 3.63) is 52.2 Å². The van der Waals surface area contributed by atoms with Crippen LogP contribution in [-0.2, 0) is 9.59 Å². The van der Waals surface area contributed by atoms with Crippen molar-refractivity contribution in [3.8, 4) is 5.75 Å². The van der Waals surface area contributed by atoms with Crippen LogP contribution < -0.4 is 15.0 Å². The summed E-state index contributed by atoms with van der Waals surface area (Å²) >= 11 is 12.3. The summed E-state index contributed by atoms with van der Waals surface area (Å²) in [7, 11) is 0. The van der Waals surface area contributed by atoms with E-state index in [1.54, 1.807) is 30.3 Å². The molecule has 0 aliphatic carbocycles. The second-order valence-electron chi connectivity index (χ2n) is 6.14. The normalized spacial score (nSPS) is 13.4. The zero-order valence-electron chi connectivity index (χ0n) is 14.2. The number of carbonyl (C=O) groups excluding carboxylic acids is 2. The molecule has 0 saturated carbocycles. The fourth-order valence-corrected chi connectivity index (χ4v) is 3.52. The predicted molar refractivity (Wildman–Crippen MR) is 104 cm³/mol. The lowest BCUT2D eigenvalue weighted by Crippen LogP contribution is -2.43. The van der Waals surface area contributed by atoms with Crippen molar-refractivity contribution in [1.29, 1.82) is 0 Å². The summed E-state index contributed by atoms with van der Waals surface area (Å²) in [6.45, 7) is 1.48. The van der Waals surface area contributed by atoms with Crippen molar-refractivity contribution in [1.82, 2.24) is 0 Å². The number of nitrogens with one attached hydrogen (secondary N) is 1. The van der Waals surface area contributed by atoms with Gasteiger partial charge < -0.3 is 14.5 Å². The van der Waals surface area contributed by atoms with Gasteiger partial charge in [0.15, 0.2) is 17.9 Å². The monoisotopic (exact) mass is 404 g/mol. The molecule has 0 atom stereocenters. The molecule has 8 heteroatoms. The number of para-hydroxylation sites is 1. The van der Waals surface area contributed by atoms with Gasteiger partial charge in [-0.15, -0.1) is 0 Å². The number of halogens is 2. The Labute approximate surface area is 164 Å². The van der Waals surface area contributed by atoms with E-state index in [1.807, 2.05) is 13.0 Å². The van der Waals surface area contributed by atoms with E-state index < -0.39 is 0 Å². The first-order valence-electron chi connectivity index (χ1n) is 8.13. The number of anilines is 2. The van der Waals surface area contributed by atoms with E-state index in [4.69, 9.17) is 32.4 Å².